The Kier molecular flexibility index (Phi) is 4.60. The molecule has 5 nitrogen and oxygen atoms in total. The zero-order valence-electron chi connectivity index (χ0n) is 17.4. The van der Waals surface area contributed by atoms with Crippen LogP contribution in [0.5, 0.6) is 0 Å². The molecule has 0 bridgehead atoms. The molecule has 0 amide bonds. The number of hydrogen-bond acceptors (Lipinski definition) is 4. The number of fused-ring (bicyclic) bond motifs is 2. The fraction of sp³-hybridized carbons (Fsp3) is 0.200. The second kappa shape index (κ2) is 7.43. The molecular formula is C25H25N5. The standard InChI is InChI=1S/C25H25N5/c1-17(18-4-7-22-15-29(2)9-8-19(22)10-18)28-25-12-23-11-20(5-6-21(23)13-27-25)24-14-26-16-30(24)3/h4-7,10-14,16H,1,8-9,15H2,2-3H3,(H,27,28). The molecule has 5 heteroatoms. The first kappa shape index (κ1) is 18.6. The Hall–Kier alpha value is -3.44. The van der Waals surface area contributed by atoms with E-state index in [-0.39, 0.29) is 0 Å². The second-order valence-electron chi connectivity index (χ2n) is 8.10. The number of benzene rings is 2. The Balaban J connectivity index is 1.41. The summed E-state index contributed by atoms with van der Waals surface area (Å²) in [4.78, 5) is 11.2. The van der Waals surface area contributed by atoms with Crippen LogP contribution in [-0.2, 0) is 20.0 Å². The molecule has 0 radical (unpaired) electrons. The van der Waals surface area contributed by atoms with Gasteiger partial charge >= 0.3 is 0 Å². The van der Waals surface area contributed by atoms with Gasteiger partial charge in [0, 0.05) is 43.0 Å². The Morgan fingerprint density at radius 2 is 1.90 bits per heavy atom. The first-order valence-electron chi connectivity index (χ1n) is 10.2. The van der Waals surface area contributed by atoms with Crippen molar-refractivity contribution in [1.82, 2.24) is 19.4 Å². The van der Waals surface area contributed by atoms with Crippen LogP contribution in [0.4, 0.5) is 5.82 Å². The van der Waals surface area contributed by atoms with Crippen molar-refractivity contribution in [2.24, 2.45) is 7.05 Å². The van der Waals surface area contributed by atoms with Gasteiger partial charge in [-0.15, -0.1) is 0 Å². The van der Waals surface area contributed by atoms with Gasteiger partial charge < -0.3 is 14.8 Å². The highest BCUT2D eigenvalue weighted by molar-refractivity contribution is 5.89. The van der Waals surface area contributed by atoms with Crippen molar-refractivity contribution in [2.75, 3.05) is 18.9 Å². The van der Waals surface area contributed by atoms with Crippen molar-refractivity contribution in [3.05, 3.63) is 84.5 Å². The van der Waals surface area contributed by atoms with E-state index < -0.39 is 0 Å². The zero-order chi connectivity index (χ0) is 20.7. The Morgan fingerprint density at radius 1 is 1.00 bits per heavy atom. The minimum absolute atomic E-state index is 0.798. The van der Waals surface area contributed by atoms with E-state index >= 15 is 0 Å². The Labute approximate surface area is 176 Å². The quantitative estimate of drug-likeness (QED) is 0.544. The maximum absolute atomic E-state index is 4.58. The third kappa shape index (κ3) is 3.48. The van der Waals surface area contributed by atoms with Crippen LogP contribution in [0.1, 0.15) is 16.7 Å². The molecule has 0 aliphatic carbocycles. The SMILES string of the molecule is C=C(Nc1cc2cc(-c3cncn3C)ccc2cn1)c1ccc2c(c1)CCN(C)C2. The first-order chi connectivity index (χ1) is 14.6. The van der Waals surface area contributed by atoms with E-state index in [1.54, 1.807) is 0 Å². The fourth-order valence-corrected chi connectivity index (χ4v) is 4.11. The number of nitrogens with zero attached hydrogens (tertiary/aromatic N) is 4. The molecule has 2 aromatic carbocycles. The molecule has 0 saturated heterocycles. The summed E-state index contributed by atoms with van der Waals surface area (Å²) >= 11 is 0. The summed E-state index contributed by atoms with van der Waals surface area (Å²) in [5, 5.41) is 5.64. The minimum Gasteiger partial charge on any atom is -0.340 e. The van der Waals surface area contributed by atoms with E-state index in [2.05, 4.69) is 76.3 Å². The number of nitrogens with one attached hydrogen (secondary N) is 1. The van der Waals surface area contributed by atoms with Gasteiger partial charge in [0.2, 0.25) is 0 Å². The highest BCUT2D eigenvalue weighted by Gasteiger charge is 2.14. The van der Waals surface area contributed by atoms with Gasteiger partial charge in [-0.1, -0.05) is 30.8 Å². The lowest BCUT2D eigenvalue weighted by Crippen LogP contribution is -2.26. The van der Waals surface area contributed by atoms with E-state index in [0.29, 0.717) is 0 Å². The van der Waals surface area contributed by atoms with Crippen molar-refractivity contribution < 1.29 is 0 Å². The van der Waals surface area contributed by atoms with E-state index in [4.69, 9.17) is 0 Å². The number of hydrogen-bond donors (Lipinski definition) is 1. The number of rotatable bonds is 4. The highest BCUT2D eigenvalue weighted by Crippen LogP contribution is 2.27. The summed E-state index contributed by atoms with van der Waals surface area (Å²) in [6, 6.07) is 15.1. The number of anilines is 1. The number of aryl methyl sites for hydroxylation is 1. The van der Waals surface area contributed by atoms with Crippen molar-refractivity contribution in [1.29, 1.82) is 0 Å². The summed E-state index contributed by atoms with van der Waals surface area (Å²) in [6.07, 6.45) is 6.69. The van der Waals surface area contributed by atoms with Crippen molar-refractivity contribution in [3.63, 3.8) is 0 Å². The van der Waals surface area contributed by atoms with Gasteiger partial charge in [-0.05, 0) is 53.7 Å². The molecule has 1 N–H and O–H groups in total. The first-order valence-corrected chi connectivity index (χ1v) is 10.2. The van der Waals surface area contributed by atoms with Crippen LogP contribution in [0.2, 0.25) is 0 Å². The highest BCUT2D eigenvalue weighted by atomic mass is 15.1. The van der Waals surface area contributed by atoms with Crippen LogP contribution < -0.4 is 5.32 Å². The topological polar surface area (TPSA) is 46.0 Å². The summed E-state index contributed by atoms with van der Waals surface area (Å²) in [5.41, 5.74) is 7.04. The lowest BCUT2D eigenvalue weighted by Gasteiger charge is -2.25. The van der Waals surface area contributed by atoms with Crippen molar-refractivity contribution in [3.8, 4) is 11.3 Å². The van der Waals surface area contributed by atoms with E-state index in [9.17, 15) is 0 Å². The smallest absolute Gasteiger partial charge is 0.130 e. The summed E-state index contributed by atoms with van der Waals surface area (Å²) in [5.74, 6) is 0.798. The molecule has 2 aromatic heterocycles. The molecule has 4 aromatic rings. The average Bonchev–Trinajstić information content (AvgIpc) is 3.18. The van der Waals surface area contributed by atoms with Crippen LogP contribution in [-0.4, -0.2) is 33.0 Å². The summed E-state index contributed by atoms with van der Waals surface area (Å²) < 4.78 is 2.03. The van der Waals surface area contributed by atoms with Crippen molar-refractivity contribution >= 4 is 22.3 Å². The summed E-state index contributed by atoms with van der Waals surface area (Å²) in [6.45, 7) is 6.37. The van der Waals surface area contributed by atoms with Gasteiger partial charge in [-0.25, -0.2) is 9.97 Å². The summed E-state index contributed by atoms with van der Waals surface area (Å²) in [7, 11) is 4.18. The van der Waals surface area contributed by atoms with Gasteiger partial charge in [0.15, 0.2) is 0 Å². The molecule has 0 unspecified atom stereocenters. The normalized spacial score (nSPS) is 13.9. The molecule has 1 aliphatic rings. The molecule has 0 saturated carbocycles. The van der Waals surface area contributed by atoms with Gasteiger partial charge in [-0.3, -0.25) is 0 Å². The predicted molar refractivity (Wildman–Crippen MR) is 123 cm³/mol. The lowest BCUT2D eigenvalue weighted by atomic mass is 9.97. The zero-order valence-corrected chi connectivity index (χ0v) is 17.4. The van der Waals surface area contributed by atoms with E-state index in [1.807, 2.05) is 30.3 Å². The van der Waals surface area contributed by atoms with Crippen LogP contribution in [0.3, 0.4) is 0 Å². The van der Waals surface area contributed by atoms with Crippen LogP contribution in [0, 0.1) is 0 Å². The third-order valence-corrected chi connectivity index (χ3v) is 5.87. The molecule has 0 spiro atoms. The largest absolute Gasteiger partial charge is 0.340 e. The number of imidazole rings is 1. The number of likely N-dealkylation sites (N-methyl/N-ethyl adjacent to an activating group) is 1. The molecule has 0 atom stereocenters. The predicted octanol–water partition coefficient (Wildman–Crippen LogP) is 4.71. The molecule has 1 aliphatic heterocycles. The maximum atomic E-state index is 4.58. The lowest BCUT2D eigenvalue weighted by molar-refractivity contribution is 0.313. The Bertz CT molecular complexity index is 1250. The van der Waals surface area contributed by atoms with Gasteiger partial charge in [0.1, 0.15) is 5.82 Å². The minimum atomic E-state index is 0.798. The van der Waals surface area contributed by atoms with Gasteiger partial charge in [0.25, 0.3) is 0 Å². The molecule has 30 heavy (non-hydrogen) atoms. The fourth-order valence-electron chi connectivity index (χ4n) is 4.11. The molecule has 0 fully saturated rings. The number of aromatic nitrogens is 3. The van der Waals surface area contributed by atoms with Gasteiger partial charge in [-0.2, -0.15) is 0 Å². The molecular weight excluding hydrogens is 370 g/mol. The van der Waals surface area contributed by atoms with Crippen LogP contribution in [0.15, 0.2) is 67.8 Å². The van der Waals surface area contributed by atoms with Crippen LogP contribution in [0.25, 0.3) is 27.7 Å². The second-order valence-corrected chi connectivity index (χ2v) is 8.10. The van der Waals surface area contributed by atoms with E-state index in [0.717, 1.165) is 58.6 Å². The molecule has 5 rings (SSSR count). The van der Waals surface area contributed by atoms with Gasteiger partial charge in [0.05, 0.1) is 18.2 Å². The average molecular weight is 396 g/mol. The van der Waals surface area contributed by atoms with E-state index in [1.165, 1.54) is 11.1 Å². The third-order valence-electron chi connectivity index (χ3n) is 5.87. The maximum Gasteiger partial charge on any atom is 0.130 e. The monoisotopic (exact) mass is 395 g/mol. The Morgan fingerprint density at radius 3 is 2.73 bits per heavy atom. The molecule has 3 heterocycles. The molecule has 150 valence electrons. The number of pyridine rings is 1. The van der Waals surface area contributed by atoms with Crippen LogP contribution >= 0.6 is 0 Å². The van der Waals surface area contributed by atoms with Crippen molar-refractivity contribution in [2.45, 2.75) is 13.0 Å².